The van der Waals surface area contributed by atoms with E-state index in [2.05, 4.69) is 10.6 Å². The SMILES string of the molecule is O=C(NC1CCCCCCC1)C(=Cc1ccco1)NC(=O)c1ccccc1. The summed E-state index contributed by atoms with van der Waals surface area (Å²) in [5.41, 5.74) is 0.697. The highest BCUT2D eigenvalue weighted by atomic mass is 16.3. The smallest absolute Gasteiger partial charge is 0.268 e. The van der Waals surface area contributed by atoms with E-state index in [-0.39, 0.29) is 23.6 Å². The lowest BCUT2D eigenvalue weighted by Crippen LogP contribution is -2.40. The zero-order chi connectivity index (χ0) is 18.9. The van der Waals surface area contributed by atoms with Crippen LogP contribution in [-0.4, -0.2) is 17.9 Å². The van der Waals surface area contributed by atoms with Gasteiger partial charge in [0.2, 0.25) is 0 Å². The van der Waals surface area contributed by atoms with E-state index in [4.69, 9.17) is 4.42 Å². The summed E-state index contributed by atoms with van der Waals surface area (Å²) in [7, 11) is 0. The van der Waals surface area contributed by atoms with Gasteiger partial charge in [-0.1, -0.05) is 50.3 Å². The molecule has 1 heterocycles. The molecule has 0 saturated heterocycles. The Balaban J connectivity index is 1.73. The summed E-state index contributed by atoms with van der Waals surface area (Å²) in [6, 6.07) is 12.5. The summed E-state index contributed by atoms with van der Waals surface area (Å²) >= 11 is 0. The molecule has 142 valence electrons. The van der Waals surface area contributed by atoms with E-state index < -0.39 is 0 Å². The molecule has 27 heavy (non-hydrogen) atoms. The molecule has 2 N–H and O–H groups in total. The summed E-state index contributed by atoms with van der Waals surface area (Å²) in [5, 5.41) is 5.83. The molecule has 0 spiro atoms. The summed E-state index contributed by atoms with van der Waals surface area (Å²) in [4.78, 5) is 25.4. The van der Waals surface area contributed by atoms with Crippen molar-refractivity contribution >= 4 is 17.9 Å². The average molecular weight is 366 g/mol. The summed E-state index contributed by atoms with van der Waals surface area (Å²) < 4.78 is 5.32. The molecule has 0 radical (unpaired) electrons. The van der Waals surface area contributed by atoms with Crippen LogP contribution in [0.1, 0.15) is 61.1 Å². The van der Waals surface area contributed by atoms with E-state index in [1.807, 2.05) is 6.07 Å². The number of amides is 2. The van der Waals surface area contributed by atoms with E-state index >= 15 is 0 Å². The summed E-state index contributed by atoms with van der Waals surface area (Å²) in [6.45, 7) is 0. The van der Waals surface area contributed by atoms with Crippen LogP contribution in [-0.2, 0) is 4.79 Å². The second-order valence-corrected chi connectivity index (χ2v) is 6.91. The second-order valence-electron chi connectivity index (χ2n) is 6.91. The standard InChI is InChI=1S/C22H26N2O3/c25-21(17-10-5-4-6-11-17)24-20(16-19-14-9-15-27-19)22(26)23-18-12-7-2-1-3-8-13-18/h4-6,9-11,14-16,18H,1-3,7-8,12-13H2,(H,23,26)(H,24,25). The van der Waals surface area contributed by atoms with Crippen LogP contribution < -0.4 is 10.6 Å². The molecule has 3 rings (SSSR count). The highest BCUT2D eigenvalue weighted by Crippen LogP contribution is 2.17. The van der Waals surface area contributed by atoms with Crippen molar-refractivity contribution in [2.24, 2.45) is 0 Å². The first-order valence-corrected chi connectivity index (χ1v) is 9.65. The number of rotatable bonds is 5. The van der Waals surface area contributed by atoms with Crippen LogP contribution in [0, 0.1) is 0 Å². The highest BCUT2D eigenvalue weighted by molar-refractivity contribution is 6.05. The lowest BCUT2D eigenvalue weighted by molar-refractivity contribution is -0.118. The summed E-state index contributed by atoms with van der Waals surface area (Å²) in [5.74, 6) is -0.0753. The van der Waals surface area contributed by atoms with Crippen molar-refractivity contribution in [1.82, 2.24) is 10.6 Å². The van der Waals surface area contributed by atoms with Gasteiger partial charge in [0.05, 0.1) is 6.26 Å². The minimum absolute atomic E-state index is 0.145. The van der Waals surface area contributed by atoms with Crippen LogP contribution in [0.15, 0.2) is 58.8 Å². The Labute approximate surface area is 159 Å². The molecule has 2 aromatic rings. The maximum Gasteiger partial charge on any atom is 0.268 e. The maximum absolute atomic E-state index is 12.9. The number of carbonyl (C=O) groups is 2. The molecule has 1 fully saturated rings. The Kier molecular flexibility index (Phi) is 6.85. The Morgan fingerprint density at radius 3 is 2.30 bits per heavy atom. The van der Waals surface area contributed by atoms with Crippen molar-refractivity contribution in [1.29, 1.82) is 0 Å². The van der Waals surface area contributed by atoms with Crippen molar-refractivity contribution in [2.75, 3.05) is 0 Å². The van der Waals surface area contributed by atoms with Gasteiger partial charge < -0.3 is 15.1 Å². The first-order chi connectivity index (χ1) is 13.2. The topological polar surface area (TPSA) is 71.3 Å². The number of carbonyl (C=O) groups excluding carboxylic acids is 2. The van der Waals surface area contributed by atoms with Gasteiger partial charge in [-0.25, -0.2) is 0 Å². The quantitative estimate of drug-likeness (QED) is 0.776. The lowest BCUT2D eigenvalue weighted by atomic mass is 9.96. The number of hydrogen-bond acceptors (Lipinski definition) is 3. The van der Waals surface area contributed by atoms with Gasteiger partial charge in [0.15, 0.2) is 0 Å². The fraction of sp³-hybridized carbons (Fsp3) is 0.364. The van der Waals surface area contributed by atoms with Crippen LogP contribution in [0.3, 0.4) is 0 Å². The van der Waals surface area contributed by atoms with Gasteiger partial charge in [-0.15, -0.1) is 0 Å². The molecule has 5 heteroatoms. The monoisotopic (exact) mass is 366 g/mol. The zero-order valence-corrected chi connectivity index (χ0v) is 15.4. The highest BCUT2D eigenvalue weighted by Gasteiger charge is 2.19. The molecule has 0 unspecified atom stereocenters. The van der Waals surface area contributed by atoms with E-state index in [1.54, 1.807) is 42.5 Å². The molecule has 5 nitrogen and oxygen atoms in total. The first-order valence-electron chi connectivity index (χ1n) is 9.65. The van der Waals surface area contributed by atoms with Crippen LogP contribution in [0.2, 0.25) is 0 Å². The van der Waals surface area contributed by atoms with Crippen LogP contribution >= 0.6 is 0 Å². The minimum atomic E-state index is -0.318. The molecule has 1 aromatic carbocycles. The third kappa shape index (κ3) is 5.84. The van der Waals surface area contributed by atoms with Gasteiger partial charge in [0, 0.05) is 17.7 Å². The van der Waals surface area contributed by atoms with Crippen molar-refractivity contribution < 1.29 is 14.0 Å². The third-order valence-corrected chi connectivity index (χ3v) is 4.80. The molecule has 0 atom stereocenters. The van der Waals surface area contributed by atoms with Crippen LogP contribution in [0.25, 0.3) is 6.08 Å². The van der Waals surface area contributed by atoms with Gasteiger partial charge in [0.25, 0.3) is 11.8 Å². The molecular weight excluding hydrogens is 340 g/mol. The predicted molar refractivity (Wildman–Crippen MR) is 105 cm³/mol. The van der Waals surface area contributed by atoms with Crippen molar-refractivity contribution in [2.45, 2.75) is 51.0 Å². The average Bonchev–Trinajstić information content (AvgIpc) is 3.17. The largest absolute Gasteiger partial charge is 0.465 e. The molecule has 2 amide bonds. The first kappa shape index (κ1) is 19.0. The Morgan fingerprint density at radius 1 is 0.926 bits per heavy atom. The molecule has 1 aliphatic rings. The molecule has 1 aromatic heterocycles. The third-order valence-electron chi connectivity index (χ3n) is 4.80. The van der Waals surface area contributed by atoms with E-state index in [1.165, 1.54) is 25.5 Å². The molecule has 0 bridgehead atoms. The number of furan rings is 1. The second kappa shape index (κ2) is 9.76. The minimum Gasteiger partial charge on any atom is -0.465 e. The predicted octanol–water partition coefficient (Wildman–Crippen LogP) is 4.28. The van der Waals surface area contributed by atoms with Gasteiger partial charge in [-0.2, -0.15) is 0 Å². The van der Waals surface area contributed by atoms with Crippen molar-refractivity contribution in [3.63, 3.8) is 0 Å². The Morgan fingerprint density at radius 2 is 1.63 bits per heavy atom. The fourth-order valence-corrected chi connectivity index (χ4v) is 3.32. The van der Waals surface area contributed by atoms with Gasteiger partial charge in [0.1, 0.15) is 11.5 Å². The summed E-state index contributed by atoms with van der Waals surface area (Å²) in [6.07, 6.45) is 11.0. The number of nitrogens with one attached hydrogen (secondary N) is 2. The normalized spacial score (nSPS) is 16.2. The number of hydrogen-bond donors (Lipinski definition) is 2. The van der Waals surface area contributed by atoms with Crippen molar-refractivity contribution in [3.05, 3.63) is 65.7 Å². The van der Waals surface area contributed by atoms with Gasteiger partial charge >= 0.3 is 0 Å². The van der Waals surface area contributed by atoms with Gasteiger partial charge in [-0.3, -0.25) is 9.59 Å². The maximum atomic E-state index is 12.9. The van der Waals surface area contributed by atoms with E-state index in [0.717, 1.165) is 25.7 Å². The fourth-order valence-electron chi connectivity index (χ4n) is 3.32. The van der Waals surface area contributed by atoms with Gasteiger partial charge in [-0.05, 0) is 37.1 Å². The molecule has 1 aliphatic carbocycles. The molecule has 0 aliphatic heterocycles. The van der Waals surface area contributed by atoms with E-state index in [0.29, 0.717) is 11.3 Å². The number of benzene rings is 1. The van der Waals surface area contributed by atoms with Crippen LogP contribution in [0.4, 0.5) is 0 Å². The zero-order valence-electron chi connectivity index (χ0n) is 15.4. The van der Waals surface area contributed by atoms with E-state index in [9.17, 15) is 9.59 Å². The molecular formula is C22H26N2O3. The lowest BCUT2D eigenvalue weighted by Gasteiger charge is -2.22. The Hall–Kier alpha value is -2.82. The molecule has 1 saturated carbocycles. The van der Waals surface area contributed by atoms with Crippen LogP contribution in [0.5, 0.6) is 0 Å². The Bertz CT molecular complexity index is 758. The van der Waals surface area contributed by atoms with Crippen molar-refractivity contribution in [3.8, 4) is 0 Å².